The Bertz CT molecular complexity index is 2920. The number of carbonyl (C=O) groups is 1. The largest absolute Gasteiger partial charge is 0.497 e. The van der Waals surface area contributed by atoms with Gasteiger partial charge in [0.2, 0.25) is 0 Å². The highest BCUT2D eigenvalue weighted by atomic mass is 31.2. The molecule has 0 spiro atoms. The summed E-state index contributed by atoms with van der Waals surface area (Å²) in [6.45, 7) is 26.1. The zero-order valence-corrected chi connectivity index (χ0v) is 45.7. The number of Topliss-reactive ketones (excluding diaryl/α,β-unsaturated/α-hetero) is 1. The van der Waals surface area contributed by atoms with E-state index in [-0.39, 0.29) is 34.7 Å². The lowest BCUT2D eigenvalue weighted by atomic mass is 9.71. The van der Waals surface area contributed by atoms with Crippen LogP contribution in [0, 0.1) is 39.4 Å². The van der Waals surface area contributed by atoms with Gasteiger partial charge in [-0.25, -0.2) is 0 Å². The Kier molecular flexibility index (Phi) is 13.6. The smallest absolute Gasteiger partial charge is 0.463 e. The van der Waals surface area contributed by atoms with Crippen LogP contribution >= 0.6 is 16.8 Å². The van der Waals surface area contributed by atoms with Crippen molar-refractivity contribution in [3.8, 4) is 5.75 Å². The van der Waals surface area contributed by atoms with Crippen LogP contribution in [0.2, 0.25) is 0 Å². The van der Waals surface area contributed by atoms with Gasteiger partial charge in [-0.3, -0.25) is 9.32 Å². The molecule has 2 heterocycles. The van der Waals surface area contributed by atoms with Gasteiger partial charge in [-0.15, -0.1) is 0 Å². The van der Waals surface area contributed by atoms with Gasteiger partial charge in [0.1, 0.15) is 46.1 Å². The molecule has 7 aliphatic rings. The third-order valence-electron chi connectivity index (χ3n) is 14.9. The Balaban J connectivity index is 1.23. The van der Waals surface area contributed by atoms with Gasteiger partial charge in [-0.05, 0) is 104 Å². The topological polar surface area (TPSA) is 128 Å². The van der Waals surface area contributed by atoms with E-state index in [1.807, 2.05) is 30.4 Å². The number of rotatable bonds is 8. The van der Waals surface area contributed by atoms with E-state index in [1.165, 1.54) is 0 Å². The molecule has 13 heteroatoms. The first-order chi connectivity index (χ1) is 32.9. The van der Waals surface area contributed by atoms with Crippen LogP contribution in [0.3, 0.4) is 0 Å². The molecule has 11 nitrogen and oxygen atoms in total. The summed E-state index contributed by atoms with van der Waals surface area (Å²) in [5.74, 6) is 2.51. The number of benzene rings is 1. The number of aliphatic hydroxyl groups is 1. The van der Waals surface area contributed by atoms with Crippen LogP contribution in [-0.2, 0) is 34.5 Å². The highest BCUT2D eigenvalue weighted by molar-refractivity contribution is 7.42. The molecule has 9 atom stereocenters. The van der Waals surface area contributed by atoms with Gasteiger partial charge in [0, 0.05) is 62.2 Å². The normalized spacial score (nSPS) is 27.9. The van der Waals surface area contributed by atoms with Crippen LogP contribution in [0.1, 0.15) is 127 Å². The maximum absolute atomic E-state index is 13.7. The first-order valence-electron chi connectivity index (χ1n) is 25.0. The summed E-state index contributed by atoms with van der Waals surface area (Å²) < 4.78 is 61.2. The fourth-order valence-electron chi connectivity index (χ4n) is 11.2. The SMILES string of the molecule is COC1=CC(C2=CC(O)CC(C(C)(C)C)=C2Op2oc3c(c4c(o2)=C(C(C)(C)C)CC(OC)C=4)CC(OC)C=C3C(C)(C)C)C(OP2OC3=c4c(cccc4=CC4CCCC(=O)C34)O2)C(C(C)(C)C)=C1. The number of ketones is 1. The van der Waals surface area contributed by atoms with Crippen molar-refractivity contribution >= 4 is 51.7 Å². The maximum atomic E-state index is 13.7. The molecule has 1 aliphatic heterocycles. The van der Waals surface area contributed by atoms with Gasteiger partial charge < -0.3 is 41.3 Å². The first kappa shape index (κ1) is 50.8. The van der Waals surface area contributed by atoms with E-state index < -0.39 is 51.7 Å². The highest BCUT2D eigenvalue weighted by Crippen LogP contribution is 2.56. The van der Waals surface area contributed by atoms with Gasteiger partial charge in [-0.1, -0.05) is 101 Å². The van der Waals surface area contributed by atoms with Crippen molar-refractivity contribution in [1.82, 2.24) is 0 Å². The summed E-state index contributed by atoms with van der Waals surface area (Å²) in [7, 11) is 0.887. The van der Waals surface area contributed by atoms with Gasteiger partial charge in [0.25, 0.3) is 0 Å². The van der Waals surface area contributed by atoms with Crippen molar-refractivity contribution in [3.05, 3.63) is 103 Å². The van der Waals surface area contributed by atoms with Crippen molar-refractivity contribution in [1.29, 1.82) is 0 Å². The lowest BCUT2D eigenvalue weighted by Crippen LogP contribution is -2.44. The number of aliphatic hydroxyl groups excluding tert-OH is 1. The maximum Gasteiger partial charge on any atom is 0.463 e. The Morgan fingerprint density at radius 3 is 2.13 bits per heavy atom. The van der Waals surface area contributed by atoms with Crippen LogP contribution in [0.15, 0.2) is 79.1 Å². The molecular weight excluding hydrogens is 923 g/mol. The molecule has 9 unspecified atom stereocenters. The molecule has 1 fully saturated rings. The second kappa shape index (κ2) is 18.8. The molecule has 1 saturated carbocycles. The molecule has 0 bridgehead atoms. The van der Waals surface area contributed by atoms with E-state index >= 15 is 0 Å². The van der Waals surface area contributed by atoms with Crippen molar-refractivity contribution in [2.75, 3.05) is 21.3 Å². The fourth-order valence-corrected chi connectivity index (χ4v) is 13.6. The minimum absolute atomic E-state index is 0.0483. The summed E-state index contributed by atoms with van der Waals surface area (Å²) >= 11 is 0. The molecule has 1 aromatic carbocycles. The van der Waals surface area contributed by atoms with Crippen LogP contribution in [-0.4, -0.2) is 56.6 Å². The second-order valence-electron chi connectivity index (χ2n) is 24.0. The lowest BCUT2D eigenvalue weighted by Gasteiger charge is -2.42. The van der Waals surface area contributed by atoms with Gasteiger partial charge in [-0.2, -0.15) is 0 Å². The molecule has 378 valence electrons. The van der Waals surface area contributed by atoms with E-state index in [4.69, 9.17) is 40.7 Å². The number of allylic oxidation sites excluding steroid dienone is 3. The van der Waals surface area contributed by atoms with E-state index in [9.17, 15) is 9.90 Å². The zero-order valence-electron chi connectivity index (χ0n) is 43.9. The lowest BCUT2D eigenvalue weighted by molar-refractivity contribution is -0.124. The highest BCUT2D eigenvalue weighted by Gasteiger charge is 2.47. The average Bonchev–Trinajstić information content (AvgIpc) is 3.43. The molecule has 2 aromatic rings. The van der Waals surface area contributed by atoms with Crippen molar-refractivity contribution < 1.29 is 50.6 Å². The van der Waals surface area contributed by atoms with Crippen LogP contribution in [0.5, 0.6) is 5.75 Å². The van der Waals surface area contributed by atoms with Gasteiger partial charge >= 0.3 is 16.8 Å². The molecule has 0 saturated heterocycles. The van der Waals surface area contributed by atoms with Crippen LogP contribution < -0.4 is 30.1 Å². The predicted molar refractivity (Wildman–Crippen MR) is 276 cm³/mol. The minimum Gasteiger partial charge on any atom is -0.497 e. The van der Waals surface area contributed by atoms with E-state index in [2.05, 4.69) is 107 Å². The molecule has 1 N–H and O–H groups in total. The molecule has 70 heavy (non-hydrogen) atoms. The number of ether oxygens (including phenoxy) is 3. The molecule has 6 aliphatic carbocycles. The van der Waals surface area contributed by atoms with E-state index in [0.717, 1.165) is 67.5 Å². The van der Waals surface area contributed by atoms with Gasteiger partial charge in [0.05, 0.1) is 36.6 Å². The number of carbonyl (C=O) groups excluding carboxylic acids is 1. The third-order valence-corrected chi connectivity index (χ3v) is 17.0. The van der Waals surface area contributed by atoms with Crippen molar-refractivity contribution in [2.45, 2.75) is 146 Å². The summed E-state index contributed by atoms with van der Waals surface area (Å²) in [6, 6.07) is 6.00. The van der Waals surface area contributed by atoms with E-state index in [0.29, 0.717) is 54.3 Å². The quantitative estimate of drug-likeness (QED) is 0.254. The second-order valence-corrected chi connectivity index (χ2v) is 26.0. The summed E-state index contributed by atoms with van der Waals surface area (Å²) in [4.78, 5) is 13.7. The summed E-state index contributed by atoms with van der Waals surface area (Å²) in [5.41, 5.74) is 4.90. The van der Waals surface area contributed by atoms with E-state index in [1.54, 1.807) is 21.3 Å². The molecule has 1 aromatic heterocycles. The number of methoxy groups -OCH3 is 3. The standard InChI is InChI=1S/C57H74O11P2/c1-54(2,3)41-24-33(58)23-37(49(41)65-70-66-51-39(26-35(61-14)29-43(51)56(7,8)9)40-27-36(62-15)30-44(52(40)67-70)57(10,11)12)38-25-34(60-13)28-42(55(4,5)6)50(38)64-69-63-46-21-17-19-32-22-31-18-16-20-45(59)47(31)53(68-69)48(32)46/h17,19,21-23,25-26,28,30-31,33,35-36,38,47,50,58H,16,18,20,24,27,29H2,1-15H3. The molecule has 9 rings (SSSR count). The molecule has 0 radical (unpaired) electrons. The van der Waals surface area contributed by atoms with Crippen LogP contribution in [0.4, 0.5) is 0 Å². The number of hydrogen-bond acceptors (Lipinski definition) is 11. The van der Waals surface area contributed by atoms with Gasteiger partial charge in [0.15, 0.2) is 0 Å². The van der Waals surface area contributed by atoms with Crippen molar-refractivity contribution in [2.24, 2.45) is 39.4 Å². The Hall–Kier alpha value is -4.08. The minimum atomic E-state index is -2.20. The molecular formula is C57H74O11P2. The summed E-state index contributed by atoms with van der Waals surface area (Å²) in [6.07, 6.45) is 14.5. The van der Waals surface area contributed by atoms with Crippen molar-refractivity contribution in [3.63, 3.8) is 0 Å². The van der Waals surface area contributed by atoms with Crippen LogP contribution in [0.25, 0.3) is 29.1 Å². The average molecular weight is 997 g/mol. The predicted octanol–water partition coefficient (Wildman–Crippen LogP) is 10.5. The Morgan fingerprint density at radius 2 is 1.47 bits per heavy atom. The Morgan fingerprint density at radius 1 is 0.757 bits per heavy atom. The monoisotopic (exact) mass is 996 g/mol. The first-order valence-corrected chi connectivity index (χ1v) is 27.2. The molecule has 0 amide bonds. The Labute approximate surface area is 416 Å². The number of hydrogen-bond donors (Lipinski definition) is 1. The fraction of sp³-hybridized carbons (Fsp3) is 0.561. The third kappa shape index (κ3) is 9.65. The summed E-state index contributed by atoms with van der Waals surface area (Å²) in [5, 5.41) is 14.8. The zero-order chi connectivity index (χ0) is 50.4. The number of fused-ring (bicyclic) bond motifs is 5.